The van der Waals surface area contributed by atoms with Gasteiger partial charge in [-0.15, -0.1) is 10.2 Å². The van der Waals surface area contributed by atoms with Crippen LogP contribution in [-0.4, -0.2) is 28.0 Å². The van der Waals surface area contributed by atoms with E-state index in [9.17, 15) is 5.11 Å². The van der Waals surface area contributed by atoms with Gasteiger partial charge in [-0.2, -0.15) is 0 Å². The normalized spacial score (nSPS) is 22.2. The molecule has 2 aromatic rings. The van der Waals surface area contributed by atoms with Gasteiger partial charge in [0.1, 0.15) is 0 Å². The van der Waals surface area contributed by atoms with Gasteiger partial charge in [-0.25, -0.2) is 0 Å². The van der Waals surface area contributed by atoms with Crippen molar-refractivity contribution in [2.24, 2.45) is 5.92 Å². The summed E-state index contributed by atoms with van der Waals surface area (Å²) in [7, 11) is 0. The van der Waals surface area contributed by atoms with Crippen molar-refractivity contribution in [2.75, 3.05) is 6.61 Å². The van der Waals surface area contributed by atoms with E-state index >= 15 is 0 Å². The van der Waals surface area contributed by atoms with Crippen LogP contribution in [0.4, 0.5) is 0 Å². The lowest BCUT2D eigenvalue weighted by Gasteiger charge is -2.17. The molecule has 1 heterocycles. The number of nitrogens with one attached hydrogen (secondary N) is 1. The third-order valence-corrected chi connectivity index (χ3v) is 3.90. The Morgan fingerprint density at radius 2 is 2.05 bits per heavy atom. The van der Waals surface area contributed by atoms with Crippen molar-refractivity contribution >= 4 is 0 Å². The van der Waals surface area contributed by atoms with Crippen LogP contribution in [0, 0.1) is 5.92 Å². The van der Waals surface area contributed by atoms with Gasteiger partial charge in [0, 0.05) is 18.2 Å². The summed E-state index contributed by atoms with van der Waals surface area (Å²) in [6.07, 6.45) is 3.36. The monoisotopic (exact) mass is 273 g/mol. The molecule has 1 aliphatic carbocycles. The average molecular weight is 273 g/mol. The first-order valence-electron chi connectivity index (χ1n) is 7.09. The van der Waals surface area contributed by atoms with Crippen molar-refractivity contribution in [2.45, 2.75) is 31.8 Å². The highest BCUT2D eigenvalue weighted by molar-refractivity contribution is 5.51. The van der Waals surface area contributed by atoms with Crippen LogP contribution >= 0.6 is 0 Å². The number of hydrogen-bond donors (Lipinski definition) is 2. The summed E-state index contributed by atoms with van der Waals surface area (Å²) in [4.78, 5) is 0. The molecule has 0 spiro atoms. The molecule has 3 rings (SSSR count). The summed E-state index contributed by atoms with van der Waals surface area (Å²) in [6.45, 7) is 0.803. The van der Waals surface area contributed by atoms with Crippen molar-refractivity contribution in [1.29, 1.82) is 0 Å². The number of aliphatic hydroxyl groups excluding tert-OH is 1. The molecule has 2 unspecified atom stereocenters. The summed E-state index contributed by atoms with van der Waals surface area (Å²) < 4.78 is 5.65. The van der Waals surface area contributed by atoms with Crippen molar-refractivity contribution in [3.63, 3.8) is 0 Å². The minimum absolute atomic E-state index is 0.247. The fourth-order valence-electron chi connectivity index (χ4n) is 2.76. The van der Waals surface area contributed by atoms with Gasteiger partial charge in [0.05, 0.1) is 6.54 Å². The Labute approximate surface area is 118 Å². The first-order chi connectivity index (χ1) is 9.86. The zero-order valence-electron chi connectivity index (χ0n) is 11.3. The van der Waals surface area contributed by atoms with Gasteiger partial charge >= 0.3 is 0 Å². The molecular weight excluding hydrogens is 254 g/mol. The average Bonchev–Trinajstić information content (AvgIpc) is 3.15. The van der Waals surface area contributed by atoms with Crippen molar-refractivity contribution in [1.82, 2.24) is 15.5 Å². The number of nitrogens with zero attached hydrogens (tertiary/aromatic N) is 2. The lowest BCUT2D eigenvalue weighted by Crippen LogP contribution is -2.33. The van der Waals surface area contributed by atoms with Gasteiger partial charge in [0.15, 0.2) is 0 Å². The lowest BCUT2D eigenvalue weighted by molar-refractivity contribution is 0.203. The lowest BCUT2D eigenvalue weighted by atomic mass is 10.1. The zero-order chi connectivity index (χ0) is 13.8. The topological polar surface area (TPSA) is 71.2 Å². The second-order valence-electron chi connectivity index (χ2n) is 5.23. The van der Waals surface area contributed by atoms with Crippen LogP contribution in [-0.2, 0) is 6.54 Å². The summed E-state index contributed by atoms with van der Waals surface area (Å²) in [5.41, 5.74) is 0.931. The van der Waals surface area contributed by atoms with Gasteiger partial charge in [0.2, 0.25) is 11.8 Å². The highest BCUT2D eigenvalue weighted by Crippen LogP contribution is 2.25. The molecule has 2 N–H and O–H groups in total. The zero-order valence-corrected chi connectivity index (χ0v) is 11.3. The molecule has 5 nitrogen and oxygen atoms in total. The van der Waals surface area contributed by atoms with Crippen LogP contribution in [0.1, 0.15) is 25.2 Å². The van der Waals surface area contributed by atoms with Crippen LogP contribution in [0.25, 0.3) is 11.5 Å². The molecule has 0 aliphatic heterocycles. The number of hydrogen-bond acceptors (Lipinski definition) is 5. The summed E-state index contributed by atoms with van der Waals surface area (Å²) in [6, 6.07) is 10.1. The molecule has 1 aliphatic rings. The van der Waals surface area contributed by atoms with Gasteiger partial charge < -0.3 is 14.8 Å². The maximum atomic E-state index is 9.30. The number of rotatable bonds is 5. The number of aromatic nitrogens is 2. The molecule has 1 saturated carbocycles. The van der Waals surface area contributed by atoms with Crippen LogP contribution in [0.15, 0.2) is 34.7 Å². The Morgan fingerprint density at radius 1 is 1.20 bits per heavy atom. The van der Waals surface area contributed by atoms with E-state index in [4.69, 9.17) is 4.42 Å². The van der Waals surface area contributed by atoms with Gasteiger partial charge in [-0.1, -0.05) is 24.6 Å². The van der Waals surface area contributed by atoms with Crippen LogP contribution in [0.2, 0.25) is 0 Å². The summed E-state index contributed by atoms with van der Waals surface area (Å²) >= 11 is 0. The molecule has 2 atom stereocenters. The predicted octanol–water partition coefficient (Wildman–Crippen LogP) is 1.99. The minimum atomic E-state index is 0.247. The SMILES string of the molecule is OCC1CCCC1NCc1nnc(-c2ccccc2)o1. The molecule has 1 fully saturated rings. The van der Waals surface area contributed by atoms with E-state index in [1.54, 1.807) is 0 Å². The Bertz CT molecular complexity index is 541. The fraction of sp³-hybridized carbons (Fsp3) is 0.467. The Hall–Kier alpha value is -1.72. The van der Waals surface area contributed by atoms with E-state index in [2.05, 4.69) is 15.5 Å². The molecule has 1 aromatic carbocycles. The smallest absolute Gasteiger partial charge is 0.247 e. The maximum absolute atomic E-state index is 9.30. The first kappa shape index (κ1) is 13.3. The first-order valence-corrected chi connectivity index (χ1v) is 7.09. The Morgan fingerprint density at radius 3 is 2.85 bits per heavy atom. The standard InChI is InChI=1S/C15H19N3O2/c19-10-12-7-4-8-13(12)16-9-14-17-18-15(20-14)11-5-2-1-3-6-11/h1-3,5-6,12-13,16,19H,4,7-10H2. The molecule has 1 aromatic heterocycles. The predicted molar refractivity (Wildman–Crippen MR) is 74.8 cm³/mol. The van der Waals surface area contributed by atoms with E-state index in [0.29, 0.717) is 30.3 Å². The Balaban J connectivity index is 1.60. The second-order valence-corrected chi connectivity index (χ2v) is 5.23. The van der Waals surface area contributed by atoms with Crippen LogP contribution in [0.3, 0.4) is 0 Å². The van der Waals surface area contributed by atoms with Crippen molar-refractivity contribution in [3.8, 4) is 11.5 Å². The van der Waals surface area contributed by atoms with Gasteiger partial charge in [0.25, 0.3) is 0 Å². The van der Waals surface area contributed by atoms with E-state index in [1.165, 1.54) is 6.42 Å². The van der Waals surface area contributed by atoms with Crippen LogP contribution in [0.5, 0.6) is 0 Å². The molecule has 0 amide bonds. The molecule has 0 saturated heterocycles. The van der Waals surface area contributed by atoms with Crippen LogP contribution < -0.4 is 5.32 Å². The maximum Gasteiger partial charge on any atom is 0.247 e. The van der Waals surface area contributed by atoms with E-state index in [0.717, 1.165) is 18.4 Å². The highest BCUT2D eigenvalue weighted by Gasteiger charge is 2.26. The third kappa shape index (κ3) is 2.89. The summed E-state index contributed by atoms with van der Waals surface area (Å²) in [5.74, 6) is 1.49. The second kappa shape index (κ2) is 6.15. The number of benzene rings is 1. The summed E-state index contributed by atoms with van der Waals surface area (Å²) in [5, 5.41) is 20.8. The molecule has 0 radical (unpaired) electrons. The van der Waals surface area contributed by atoms with Gasteiger partial charge in [-0.05, 0) is 30.9 Å². The minimum Gasteiger partial charge on any atom is -0.419 e. The van der Waals surface area contributed by atoms with E-state index < -0.39 is 0 Å². The Kier molecular flexibility index (Phi) is 4.08. The third-order valence-electron chi connectivity index (χ3n) is 3.90. The molecule has 20 heavy (non-hydrogen) atoms. The van der Waals surface area contributed by atoms with E-state index in [-0.39, 0.29) is 6.61 Å². The number of aliphatic hydroxyl groups is 1. The fourth-order valence-corrected chi connectivity index (χ4v) is 2.76. The molecule has 0 bridgehead atoms. The highest BCUT2D eigenvalue weighted by atomic mass is 16.4. The van der Waals surface area contributed by atoms with Crippen molar-refractivity contribution in [3.05, 3.63) is 36.2 Å². The van der Waals surface area contributed by atoms with E-state index in [1.807, 2.05) is 30.3 Å². The molecule has 106 valence electrons. The van der Waals surface area contributed by atoms with Gasteiger partial charge in [-0.3, -0.25) is 0 Å². The molecular formula is C15H19N3O2. The largest absolute Gasteiger partial charge is 0.419 e. The van der Waals surface area contributed by atoms with Crippen molar-refractivity contribution < 1.29 is 9.52 Å². The molecule has 5 heteroatoms. The quantitative estimate of drug-likeness (QED) is 0.871.